The van der Waals surface area contributed by atoms with Crippen LogP contribution in [0.2, 0.25) is 10.0 Å². The van der Waals surface area contributed by atoms with Gasteiger partial charge in [-0.25, -0.2) is 4.79 Å². The van der Waals surface area contributed by atoms with Crippen LogP contribution in [0.4, 0.5) is 10.5 Å². The molecule has 3 nitrogen and oxygen atoms in total. The first-order valence-corrected chi connectivity index (χ1v) is 7.35. The summed E-state index contributed by atoms with van der Waals surface area (Å²) >= 11 is 11.9. The second kappa shape index (κ2) is 7.34. The third-order valence-electron chi connectivity index (χ3n) is 3.00. The van der Waals surface area contributed by atoms with Crippen LogP contribution >= 0.6 is 23.2 Å². The lowest BCUT2D eigenvalue weighted by molar-refractivity contribution is 0.252. The average Bonchev–Trinajstić information content (AvgIpc) is 2.45. The molecule has 2 rings (SSSR count). The summed E-state index contributed by atoms with van der Waals surface area (Å²) in [6.45, 7) is 2.59. The fourth-order valence-electron chi connectivity index (χ4n) is 1.83. The van der Waals surface area contributed by atoms with Gasteiger partial charge in [-0.05, 0) is 37.1 Å². The van der Waals surface area contributed by atoms with Crippen molar-refractivity contribution in [3.63, 3.8) is 0 Å². The molecule has 0 aliphatic heterocycles. The topological polar surface area (TPSA) is 41.1 Å². The zero-order valence-corrected chi connectivity index (χ0v) is 13.1. The Morgan fingerprint density at radius 2 is 1.81 bits per heavy atom. The molecule has 2 N–H and O–H groups in total. The number of benzene rings is 2. The lowest BCUT2D eigenvalue weighted by atomic mass is 10.1. The molecule has 2 aromatic rings. The fraction of sp³-hybridized carbons (Fsp3) is 0.188. The van der Waals surface area contributed by atoms with Crippen molar-refractivity contribution in [2.75, 3.05) is 11.9 Å². The maximum absolute atomic E-state index is 11.8. The number of amides is 2. The van der Waals surface area contributed by atoms with Crippen LogP contribution in [0.3, 0.4) is 0 Å². The van der Waals surface area contributed by atoms with Crippen LogP contribution in [0.1, 0.15) is 11.1 Å². The molecule has 0 bridgehead atoms. The van der Waals surface area contributed by atoms with E-state index in [9.17, 15) is 4.79 Å². The minimum atomic E-state index is -0.300. The van der Waals surface area contributed by atoms with Crippen LogP contribution in [-0.2, 0) is 6.42 Å². The molecule has 2 aromatic carbocycles. The van der Waals surface area contributed by atoms with Crippen molar-refractivity contribution in [2.24, 2.45) is 0 Å². The number of nitrogens with one attached hydrogen (secondary N) is 2. The molecule has 110 valence electrons. The van der Waals surface area contributed by atoms with Gasteiger partial charge in [-0.2, -0.15) is 0 Å². The van der Waals surface area contributed by atoms with E-state index < -0.39 is 0 Å². The van der Waals surface area contributed by atoms with Gasteiger partial charge in [-0.3, -0.25) is 0 Å². The van der Waals surface area contributed by atoms with Crippen LogP contribution in [0.5, 0.6) is 0 Å². The van der Waals surface area contributed by atoms with E-state index in [0.717, 1.165) is 6.42 Å². The standard InChI is InChI=1S/C16H16Cl2N2O/c1-11-2-4-12(5-3-11)8-9-19-16(21)20-15-10-13(17)6-7-14(15)18/h2-7,10H,8-9H2,1H3,(H2,19,20,21). The highest BCUT2D eigenvalue weighted by atomic mass is 35.5. The second-order valence-electron chi connectivity index (χ2n) is 4.74. The highest BCUT2D eigenvalue weighted by molar-refractivity contribution is 6.35. The van der Waals surface area contributed by atoms with E-state index in [0.29, 0.717) is 22.3 Å². The number of halogens is 2. The summed E-state index contributed by atoms with van der Waals surface area (Å²) in [6.07, 6.45) is 0.775. The van der Waals surface area contributed by atoms with Crippen LogP contribution in [0.15, 0.2) is 42.5 Å². The first-order valence-electron chi connectivity index (χ1n) is 6.60. The van der Waals surface area contributed by atoms with E-state index in [-0.39, 0.29) is 6.03 Å². The van der Waals surface area contributed by atoms with Crippen molar-refractivity contribution in [2.45, 2.75) is 13.3 Å². The number of hydrogen-bond acceptors (Lipinski definition) is 1. The molecule has 0 aliphatic rings. The Hall–Kier alpha value is -1.71. The molecule has 0 aliphatic carbocycles. The minimum absolute atomic E-state index is 0.300. The molecule has 0 spiro atoms. The third kappa shape index (κ3) is 4.96. The summed E-state index contributed by atoms with van der Waals surface area (Å²) in [5, 5.41) is 6.44. The molecule has 0 atom stereocenters. The Morgan fingerprint density at radius 1 is 1.10 bits per heavy atom. The Kier molecular flexibility index (Phi) is 5.48. The van der Waals surface area contributed by atoms with Gasteiger partial charge in [0.15, 0.2) is 0 Å². The molecule has 2 amide bonds. The lowest BCUT2D eigenvalue weighted by Crippen LogP contribution is -2.30. The first-order chi connectivity index (χ1) is 10.0. The fourth-order valence-corrected chi connectivity index (χ4v) is 2.17. The largest absolute Gasteiger partial charge is 0.338 e. The van der Waals surface area contributed by atoms with Gasteiger partial charge in [0, 0.05) is 11.6 Å². The number of carbonyl (C=O) groups is 1. The lowest BCUT2D eigenvalue weighted by Gasteiger charge is -2.09. The predicted octanol–water partition coefficient (Wildman–Crippen LogP) is 4.67. The monoisotopic (exact) mass is 322 g/mol. The second-order valence-corrected chi connectivity index (χ2v) is 5.58. The Morgan fingerprint density at radius 3 is 2.52 bits per heavy atom. The molecule has 0 saturated carbocycles. The summed E-state index contributed by atoms with van der Waals surface area (Å²) in [4.78, 5) is 11.8. The SMILES string of the molecule is Cc1ccc(CCNC(=O)Nc2cc(Cl)ccc2Cl)cc1. The van der Waals surface area contributed by atoms with Crippen LogP contribution in [0, 0.1) is 6.92 Å². The summed E-state index contributed by atoms with van der Waals surface area (Å²) in [7, 11) is 0. The van der Waals surface area contributed by atoms with Crippen LogP contribution in [0.25, 0.3) is 0 Å². The van der Waals surface area contributed by atoms with Gasteiger partial charge >= 0.3 is 6.03 Å². The average molecular weight is 323 g/mol. The van der Waals surface area contributed by atoms with E-state index in [1.54, 1.807) is 18.2 Å². The van der Waals surface area contributed by atoms with E-state index in [4.69, 9.17) is 23.2 Å². The van der Waals surface area contributed by atoms with Gasteiger partial charge < -0.3 is 10.6 Å². The normalized spacial score (nSPS) is 10.2. The maximum atomic E-state index is 11.8. The molecule has 21 heavy (non-hydrogen) atoms. The Labute approximate surface area is 134 Å². The maximum Gasteiger partial charge on any atom is 0.319 e. The van der Waals surface area contributed by atoms with Gasteiger partial charge in [-0.15, -0.1) is 0 Å². The van der Waals surface area contributed by atoms with E-state index in [1.165, 1.54) is 11.1 Å². The summed E-state index contributed by atoms with van der Waals surface area (Å²) in [6, 6.07) is 12.9. The number of carbonyl (C=O) groups excluding carboxylic acids is 1. The van der Waals surface area contributed by atoms with Crippen molar-refractivity contribution in [1.29, 1.82) is 0 Å². The molecule has 0 radical (unpaired) electrons. The molecule has 0 unspecified atom stereocenters. The van der Waals surface area contributed by atoms with Crippen LogP contribution in [-0.4, -0.2) is 12.6 Å². The number of rotatable bonds is 4. The van der Waals surface area contributed by atoms with Crippen molar-refractivity contribution < 1.29 is 4.79 Å². The molecule has 0 fully saturated rings. The van der Waals surface area contributed by atoms with E-state index >= 15 is 0 Å². The van der Waals surface area contributed by atoms with Crippen molar-refractivity contribution in [3.8, 4) is 0 Å². The smallest absolute Gasteiger partial charge is 0.319 e. The molecular weight excluding hydrogens is 307 g/mol. The predicted molar refractivity (Wildman–Crippen MR) is 88.4 cm³/mol. The number of aryl methyl sites for hydroxylation is 1. The van der Waals surface area contributed by atoms with Gasteiger partial charge in [0.05, 0.1) is 10.7 Å². The number of anilines is 1. The quantitative estimate of drug-likeness (QED) is 0.844. The zero-order valence-electron chi connectivity index (χ0n) is 11.6. The van der Waals surface area contributed by atoms with Gasteiger partial charge in [0.25, 0.3) is 0 Å². The van der Waals surface area contributed by atoms with Gasteiger partial charge in [0.1, 0.15) is 0 Å². The first kappa shape index (κ1) is 15.7. The summed E-state index contributed by atoms with van der Waals surface area (Å²) in [5.74, 6) is 0. The summed E-state index contributed by atoms with van der Waals surface area (Å²) in [5.41, 5.74) is 2.90. The van der Waals surface area contributed by atoms with Crippen LogP contribution < -0.4 is 10.6 Å². The highest BCUT2D eigenvalue weighted by Gasteiger charge is 2.05. The Balaban J connectivity index is 1.82. The van der Waals surface area contributed by atoms with Gasteiger partial charge in [0.2, 0.25) is 0 Å². The molecular formula is C16H16Cl2N2O. The highest BCUT2D eigenvalue weighted by Crippen LogP contribution is 2.25. The molecule has 0 saturated heterocycles. The van der Waals surface area contributed by atoms with Crippen molar-refractivity contribution >= 4 is 34.9 Å². The van der Waals surface area contributed by atoms with Crippen molar-refractivity contribution in [3.05, 3.63) is 63.6 Å². The number of hydrogen-bond donors (Lipinski definition) is 2. The van der Waals surface area contributed by atoms with E-state index in [1.807, 2.05) is 6.92 Å². The molecule has 0 heterocycles. The van der Waals surface area contributed by atoms with Crippen molar-refractivity contribution in [1.82, 2.24) is 5.32 Å². The third-order valence-corrected chi connectivity index (χ3v) is 3.56. The Bertz CT molecular complexity index is 627. The minimum Gasteiger partial charge on any atom is -0.338 e. The van der Waals surface area contributed by atoms with Gasteiger partial charge in [-0.1, -0.05) is 53.0 Å². The zero-order chi connectivity index (χ0) is 15.2. The molecule has 5 heteroatoms. The summed E-state index contributed by atoms with van der Waals surface area (Å²) < 4.78 is 0. The van der Waals surface area contributed by atoms with E-state index in [2.05, 4.69) is 34.9 Å². The molecule has 0 aromatic heterocycles. The number of urea groups is 1.